The lowest BCUT2D eigenvalue weighted by molar-refractivity contribution is -0.151. The van der Waals surface area contributed by atoms with Crippen LogP contribution >= 0.6 is 0 Å². The number of esters is 1. The third-order valence-corrected chi connectivity index (χ3v) is 5.38. The third-order valence-electron chi connectivity index (χ3n) is 5.38. The highest BCUT2D eigenvalue weighted by atomic mass is 16.5. The quantitative estimate of drug-likeness (QED) is 0.434. The number of fused-ring (bicyclic) bond motifs is 1. The van der Waals surface area contributed by atoms with Gasteiger partial charge in [-0.1, -0.05) is 24.3 Å². The summed E-state index contributed by atoms with van der Waals surface area (Å²) in [7, 11) is 6.46. The van der Waals surface area contributed by atoms with E-state index in [2.05, 4.69) is 0 Å². The van der Waals surface area contributed by atoms with Crippen LogP contribution in [0.5, 0.6) is 17.2 Å². The van der Waals surface area contributed by atoms with Crippen LogP contribution in [-0.2, 0) is 27.3 Å². The topological polar surface area (TPSA) is 74.3 Å². The van der Waals surface area contributed by atoms with E-state index < -0.39 is 5.97 Å². The number of hydrogen-bond donors (Lipinski definition) is 0. The van der Waals surface area contributed by atoms with Crippen molar-refractivity contribution in [3.8, 4) is 17.2 Å². The van der Waals surface area contributed by atoms with E-state index in [4.69, 9.17) is 18.9 Å². The smallest absolute Gasteiger partial charge is 0.306 e. The van der Waals surface area contributed by atoms with E-state index in [9.17, 15) is 9.59 Å². The van der Waals surface area contributed by atoms with E-state index in [1.54, 1.807) is 39.3 Å². The third kappa shape index (κ3) is 6.38. The zero-order valence-corrected chi connectivity index (χ0v) is 19.4. The van der Waals surface area contributed by atoms with Gasteiger partial charge in [-0.2, -0.15) is 0 Å². The van der Waals surface area contributed by atoms with Gasteiger partial charge in [-0.15, -0.1) is 0 Å². The number of nitrogens with zero attached hydrogens (tertiary/aromatic N) is 1. The van der Waals surface area contributed by atoms with Crippen molar-refractivity contribution in [2.45, 2.75) is 19.4 Å². The standard InChI is InChI=1S/C26H29NO6/c1-27(16-19-5-8-21-15-22(30-2)10-9-20(21)13-19)25(28)17-33-26(29)12-7-18-6-11-23(31-3)24(14-18)32-4/h5-6,8-11,13-15H,7,12,16-17H2,1-4H3. The number of likely N-dealkylation sites (N-methyl/N-ethyl adjacent to an activating group) is 1. The fraction of sp³-hybridized carbons (Fsp3) is 0.308. The average molecular weight is 452 g/mol. The maximum absolute atomic E-state index is 12.4. The molecular weight excluding hydrogens is 422 g/mol. The monoisotopic (exact) mass is 451 g/mol. The van der Waals surface area contributed by atoms with E-state index in [1.807, 2.05) is 48.5 Å². The highest BCUT2D eigenvalue weighted by Crippen LogP contribution is 2.28. The first-order valence-electron chi connectivity index (χ1n) is 10.6. The van der Waals surface area contributed by atoms with Crippen LogP contribution in [0.3, 0.4) is 0 Å². The minimum Gasteiger partial charge on any atom is -0.497 e. The summed E-state index contributed by atoms with van der Waals surface area (Å²) in [6, 6.07) is 17.4. The molecule has 0 spiro atoms. The highest BCUT2D eigenvalue weighted by Gasteiger charge is 2.14. The maximum atomic E-state index is 12.4. The molecule has 0 aliphatic heterocycles. The van der Waals surface area contributed by atoms with Gasteiger partial charge in [0.15, 0.2) is 18.1 Å². The first-order chi connectivity index (χ1) is 15.9. The Labute approximate surface area is 193 Å². The SMILES string of the molecule is COc1ccc2cc(CN(C)C(=O)COC(=O)CCc3ccc(OC)c(OC)c3)ccc2c1. The number of carbonyl (C=O) groups excluding carboxylic acids is 2. The zero-order valence-electron chi connectivity index (χ0n) is 19.4. The number of hydrogen-bond acceptors (Lipinski definition) is 6. The number of amides is 1. The zero-order chi connectivity index (χ0) is 23.8. The van der Waals surface area contributed by atoms with Crippen LogP contribution in [0.2, 0.25) is 0 Å². The molecule has 0 aromatic heterocycles. The minimum atomic E-state index is -0.425. The molecule has 0 aliphatic rings. The first-order valence-corrected chi connectivity index (χ1v) is 10.6. The molecule has 174 valence electrons. The summed E-state index contributed by atoms with van der Waals surface area (Å²) in [4.78, 5) is 26.1. The molecule has 3 aromatic rings. The Balaban J connectivity index is 1.47. The normalized spacial score (nSPS) is 10.5. The van der Waals surface area contributed by atoms with Crippen LogP contribution in [0.4, 0.5) is 0 Å². The minimum absolute atomic E-state index is 0.167. The number of rotatable bonds is 10. The Morgan fingerprint density at radius 2 is 1.48 bits per heavy atom. The Morgan fingerprint density at radius 1 is 0.788 bits per heavy atom. The molecule has 0 atom stereocenters. The molecule has 7 nitrogen and oxygen atoms in total. The van der Waals surface area contributed by atoms with Crippen molar-refractivity contribution in [1.29, 1.82) is 0 Å². The molecule has 0 unspecified atom stereocenters. The first kappa shape index (κ1) is 23.9. The lowest BCUT2D eigenvalue weighted by Crippen LogP contribution is -2.30. The van der Waals surface area contributed by atoms with Gasteiger partial charge in [-0.3, -0.25) is 9.59 Å². The summed E-state index contributed by atoms with van der Waals surface area (Å²) in [5.41, 5.74) is 1.91. The molecule has 0 aliphatic carbocycles. The number of ether oxygens (including phenoxy) is 4. The van der Waals surface area contributed by atoms with Crippen molar-refractivity contribution in [3.63, 3.8) is 0 Å². The van der Waals surface area contributed by atoms with Gasteiger partial charge in [0.2, 0.25) is 0 Å². The average Bonchev–Trinajstić information content (AvgIpc) is 2.85. The Kier molecular flexibility index (Phi) is 8.13. The fourth-order valence-electron chi connectivity index (χ4n) is 3.47. The number of carbonyl (C=O) groups is 2. The fourth-order valence-corrected chi connectivity index (χ4v) is 3.47. The second kappa shape index (κ2) is 11.2. The number of benzene rings is 3. The molecule has 0 heterocycles. The van der Waals surface area contributed by atoms with Gasteiger partial charge in [0.25, 0.3) is 5.91 Å². The molecular formula is C26H29NO6. The van der Waals surface area contributed by atoms with Gasteiger partial charge in [0.1, 0.15) is 5.75 Å². The Bertz CT molecular complexity index is 1130. The molecule has 0 radical (unpaired) electrons. The number of methoxy groups -OCH3 is 3. The van der Waals surface area contributed by atoms with Crippen molar-refractivity contribution >= 4 is 22.6 Å². The Morgan fingerprint density at radius 3 is 2.21 bits per heavy atom. The summed E-state index contributed by atoms with van der Waals surface area (Å²) in [5.74, 6) is 1.35. The second-order valence-corrected chi connectivity index (χ2v) is 7.65. The molecule has 3 aromatic carbocycles. The van der Waals surface area contributed by atoms with E-state index in [1.165, 1.54) is 0 Å². The molecule has 0 saturated heterocycles. The summed E-state index contributed by atoms with van der Waals surface area (Å²) in [5, 5.41) is 2.13. The van der Waals surface area contributed by atoms with Crippen molar-refractivity contribution < 1.29 is 28.5 Å². The van der Waals surface area contributed by atoms with E-state index >= 15 is 0 Å². The van der Waals surface area contributed by atoms with Crippen molar-refractivity contribution in [3.05, 3.63) is 65.7 Å². The van der Waals surface area contributed by atoms with Gasteiger partial charge >= 0.3 is 5.97 Å². The largest absolute Gasteiger partial charge is 0.497 e. The van der Waals surface area contributed by atoms with Crippen molar-refractivity contribution in [2.24, 2.45) is 0 Å². The van der Waals surface area contributed by atoms with Crippen LogP contribution in [0.25, 0.3) is 10.8 Å². The molecule has 3 rings (SSSR count). The molecule has 33 heavy (non-hydrogen) atoms. The van der Waals surface area contributed by atoms with Crippen LogP contribution in [0, 0.1) is 0 Å². The summed E-state index contributed by atoms with van der Waals surface area (Å²) >= 11 is 0. The van der Waals surface area contributed by atoms with Gasteiger partial charge in [0.05, 0.1) is 21.3 Å². The summed E-state index contributed by atoms with van der Waals surface area (Å²) < 4.78 is 20.9. The predicted molar refractivity (Wildman–Crippen MR) is 126 cm³/mol. The van der Waals surface area contributed by atoms with Crippen LogP contribution in [0.15, 0.2) is 54.6 Å². The van der Waals surface area contributed by atoms with Gasteiger partial charge in [-0.25, -0.2) is 0 Å². The van der Waals surface area contributed by atoms with E-state index in [0.717, 1.165) is 27.6 Å². The highest BCUT2D eigenvalue weighted by molar-refractivity contribution is 5.85. The van der Waals surface area contributed by atoms with Gasteiger partial charge in [-0.05, 0) is 58.7 Å². The number of aryl methyl sites for hydroxylation is 1. The second-order valence-electron chi connectivity index (χ2n) is 7.65. The summed E-state index contributed by atoms with van der Waals surface area (Å²) in [6.07, 6.45) is 0.645. The molecule has 0 fully saturated rings. The van der Waals surface area contributed by atoms with Gasteiger partial charge in [0, 0.05) is 20.0 Å². The molecule has 0 saturated carbocycles. The molecule has 1 amide bonds. The molecule has 0 bridgehead atoms. The van der Waals surface area contributed by atoms with Gasteiger partial charge < -0.3 is 23.8 Å². The summed E-state index contributed by atoms with van der Waals surface area (Å²) in [6.45, 7) is 0.135. The van der Waals surface area contributed by atoms with Crippen molar-refractivity contribution in [2.75, 3.05) is 35.0 Å². The predicted octanol–water partition coefficient (Wildman–Crippen LogP) is 4.00. The van der Waals surface area contributed by atoms with Crippen molar-refractivity contribution in [1.82, 2.24) is 4.90 Å². The van der Waals surface area contributed by atoms with Crippen LogP contribution in [0.1, 0.15) is 17.5 Å². The van der Waals surface area contributed by atoms with E-state index in [-0.39, 0.29) is 18.9 Å². The Hall–Kier alpha value is -3.74. The van der Waals surface area contributed by atoms with Crippen LogP contribution < -0.4 is 14.2 Å². The molecule has 0 N–H and O–H groups in total. The van der Waals surface area contributed by atoms with E-state index in [0.29, 0.717) is 24.5 Å². The molecule has 7 heteroatoms. The lowest BCUT2D eigenvalue weighted by atomic mass is 10.1. The van der Waals surface area contributed by atoms with Crippen LogP contribution in [-0.4, -0.2) is 51.8 Å². The lowest BCUT2D eigenvalue weighted by Gasteiger charge is -2.17. The maximum Gasteiger partial charge on any atom is 0.306 e.